The number of nitrogens with one attached hydrogen (secondary N) is 1. The molecular weight excluding hydrogens is 310 g/mol. The van der Waals surface area contributed by atoms with E-state index in [9.17, 15) is 0 Å². The maximum absolute atomic E-state index is 6.03. The van der Waals surface area contributed by atoms with Gasteiger partial charge in [0.2, 0.25) is 5.96 Å². The fourth-order valence-electron chi connectivity index (χ4n) is 3.26. The third kappa shape index (κ3) is 3.08. The van der Waals surface area contributed by atoms with Gasteiger partial charge in [0.05, 0.1) is 0 Å². The molecule has 2 aromatic carbocycles. The minimum Gasteiger partial charge on any atom is -0.369 e. The van der Waals surface area contributed by atoms with Crippen molar-refractivity contribution in [2.45, 2.75) is 20.3 Å². The third-order valence-electron chi connectivity index (χ3n) is 4.26. The molecule has 0 radical (unpaired) electrons. The van der Waals surface area contributed by atoms with Crippen LogP contribution in [0.15, 0.2) is 53.5 Å². The lowest BCUT2D eigenvalue weighted by atomic mass is 10.1. The lowest BCUT2D eigenvalue weighted by molar-refractivity contribution is 1.04. The van der Waals surface area contributed by atoms with Gasteiger partial charge in [-0.1, -0.05) is 30.3 Å². The number of hydrogen-bond donors (Lipinski definition) is 2. The summed E-state index contributed by atoms with van der Waals surface area (Å²) in [6, 6.07) is 16.7. The highest BCUT2D eigenvalue weighted by molar-refractivity contribution is 5.94. The minimum absolute atomic E-state index is 0.278. The molecule has 0 unspecified atom stereocenters. The van der Waals surface area contributed by atoms with E-state index < -0.39 is 0 Å². The monoisotopic (exact) mass is 329 g/mol. The number of benzene rings is 2. The van der Waals surface area contributed by atoms with Gasteiger partial charge < -0.3 is 11.1 Å². The van der Waals surface area contributed by atoms with Gasteiger partial charge in [-0.3, -0.25) is 0 Å². The van der Waals surface area contributed by atoms with Crippen LogP contribution in [-0.2, 0) is 6.42 Å². The van der Waals surface area contributed by atoms with Gasteiger partial charge >= 0.3 is 0 Å². The van der Waals surface area contributed by atoms with Crippen LogP contribution in [0.5, 0.6) is 0 Å². The van der Waals surface area contributed by atoms with Crippen LogP contribution < -0.4 is 11.1 Å². The number of aryl methyl sites for hydroxylation is 2. The lowest BCUT2D eigenvalue weighted by Crippen LogP contribution is -2.22. The predicted molar refractivity (Wildman–Crippen MR) is 101 cm³/mol. The Labute approximate surface area is 146 Å². The highest BCUT2D eigenvalue weighted by atomic mass is 15.2. The Morgan fingerprint density at radius 3 is 2.48 bits per heavy atom. The van der Waals surface area contributed by atoms with E-state index in [-0.39, 0.29) is 5.96 Å². The second-order valence-electron chi connectivity index (χ2n) is 6.28. The largest absolute Gasteiger partial charge is 0.369 e. The maximum Gasteiger partial charge on any atom is 0.253 e. The van der Waals surface area contributed by atoms with Gasteiger partial charge in [0.25, 0.3) is 5.95 Å². The number of nitrogens with two attached hydrogens (primary N) is 1. The molecule has 0 saturated carbocycles. The van der Waals surface area contributed by atoms with E-state index in [1.165, 1.54) is 22.3 Å². The first-order chi connectivity index (χ1) is 12.1. The number of anilines is 1. The average molecular weight is 329 g/mol. The van der Waals surface area contributed by atoms with E-state index in [0.717, 1.165) is 23.5 Å². The van der Waals surface area contributed by atoms with E-state index in [2.05, 4.69) is 56.7 Å². The molecule has 0 fully saturated rings. The molecule has 5 nitrogen and oxygen atoms in total. The Kier molecular flexibility index (Phi) is 3.69. The van der Waals surface area contributed by atoms with Crippen LogP contribution in [0, 0.1) is 13.8 Å². The Morgan fingerprint density at radius 1 is 0.960 bits per heavy atom. The number of aliphatic imine (C=N–C) groups is 1. The molecule has 124 valence electrons. The number of fused-ring (bicyclic) bond motifs is 3. The highest BCUT2D eigenvalue weighted by Crippen LogP contribution is 2.37. The molecule has 5 heteroatoms. The molecule has 1 aliphatic rings. The minimum atomic E-state index is 0.278. The summed E-state index contributed by atoms with van der Waals surface area (Å²) in [5, 5.41) is 3.13. The first-order valence-electron chi connectivity index (χ1n) is 8.23. The summed E-state index contributed by atoms with van der Waals surface area (Å²) in [7, 11) is 0. The van der Waals surface area contributed by atoms with Crippen LogP contribution >= 0.6 is 0 Å². The summed E-state index contributed by atoms with van der Waals surface area (Å²) in [5.74, 6) is 0.650. The van der Waals surface area contributed by atoms with Crippen molar-refractivity contribution < 1.29 is 0 Å². The second kappa shape index (κ2) is 6.02. The summed E-state index contributed by atoms with van der Waals surface area (Å²) in [5.41, 5.74) is 13.9. The first-order valence-corrected chi connectivity index (χ1v) is 8.23. The zero-order valence-electron chi connectivity index (χ0n) is 14.2. The average Bonchev–Trinajstić information content (AvgIpc) is 2.91. The van der Waals surface area contributed by atoms with Crippen molar-refractivity contribution in [3.63, 3.8) is 0 Å². The van der Waals surface area contributed by atoms with Crippen LogP contribution in [0.2, 0.25) is 0 Å². The lowest BCUT2D eigenvalue weighted by Gasteiger charge is -2.08. The van der Waals surface area contributed by atoms with Gasteiger partial charge in [0.15, 0.2) is 0 Å². The fraction of sp³-hybridized carbons (Fsp3) is 0.150. The first kappa shape index (κ1) is 15.3. The van der Waals surface area contributed by atoms with Crippen LogP contribution in [0.4, 0.5) is 11.6 Å². The predicted octanol–water partition coefficient (Wildman–Crippen LogP) is 3.72. The summed E-state index contributed by atoms with van der Waals surface area (Å²) in [4.78, 5) is 12.8. The molecule has 1 aromatic heterocycles. The molecule has 1 aliphatic carbocycles. The number of rotatable bonds is 2. The van der Waals surface area contributed by atoms with Gasteiger partial charge in [-0.05, 0) is 60.7 Å². The van der Waals surface area contributed by atoms with Gasteiger partial charge in [-0.25, -0.2) is 9.97 Å². The maximum atomic E-state index is 6.03. The molecule has 3 N–H and O–H groups in total. The fourth-order valence-corrected chi connectivity index (χ4v) is 3.26. The molecule has 0 saturated heterocycles. The van der Waals surface area contributed by atoms with Crippen LogP contribution in [0.3, 0.4) is 0 Å². The number of nitrogens with zero attached hydrogens (tertiary/aromatic N) is 3. The summed E-state index contributed by atoms with van der Waals surface area (Å²) < 4.78 is 0. The molecule has 25 heavy (non-hydrogen) atoms. The van der Waals surface area contributed by atoms with E-state index in [0.29, 0.717) is 5.95 Å². The number of guanidine groups is 1. The molecule has 0 aliphatic heterocycles. The Balaban J connectivity index is 1.58. The zero-order valence-corrected chi connectivity index (χ0v) is 14.2. The van der Waals surface area contributed by atoms with Gasteiger partial charge in [-0.2, -0.15) is 4.99 Å². The van der Waals surface area contributed by atoms with Crippen LogP contribution in [0.25, 0.3) is 11.1 Å². The molecule has 0 spiro atoms. The number of hydrogen-bond acceptors (Lipinski definition) is 3. The van der Waals surface area contributed by atoms with Gasteiger partial charge in [-0.15, -0.1) is 0 Å². The molecule has 0 bridgehead atoms. The topological polar surface area (TPSA) is 76.2 Å². The standard InChI is InChI=1S/C20H19N5/c1-12-9-13(2)23-20(22-12)25-19(21)24-16-7-8-18-15(11-16)10-14-5-3-4-6-17(14)18/h3-9,11H,10H2,1-2H3,(H3,21,22,23,24,25). The third-order valence-corrected chi connectivity index (χ3v) is 4.26. The van der Waals surface area contributed by atoms with Crippen molar-refractivity contribution >= 4 is 17.6 Å². The van der Waals surface area contributed by atoms with Crippen molar-refractivity contribution in [1.29, 1.82) is 0 Å². The number of aromatic nitrogens is 2. The van der Waals surface area contributed by atoms with Crippen molar-refractivity contribution in [3.05, 3.63) is 71.0 Å². The SMILES string of the molecule is Cc1cc(C)nc(N=C(N)Nc2ccc3c(c2)Cc2ccccc2-3)n1. The van der Waals surface area contributed by atoms with Gasteiger partial charge in [0.1, 0.15) is 0 Å². The second-order valence-corrected chi connectivity index (χ2v) is 6.28. The molecule has 3 aromatic rings. The smallest absolute Gasteiger partial charge is 0.253 e. The molecule has 1 heterocycles. The highest BCUT2D eigenvalue weighted by Gasteiger charge is 2.17. The van der Waals surface area contributed by atoms with Crippen molar-refractivity contribution in [2.24, 2.45) is 10.7 Å². The Morgan fingerprint density at radius 2 is 1.68 bits per heavy atom. The molecule has 0 amide bonds. The Bertz CT molecular complexity index is 971. The Hall–Kier alpha value is -3.21. The van der Waals surface area contributed by atoms with Crippen LogP contribution in [0.1, 0.15) is 22.5 Å². The van der Waals surface area contributed by atoms with E-state index >= 15 is 0 Å². The van der Waals surface area contributed by atoms with Crippen molar-refractivity contribution in [3.8, 4) is 11.1 Å². The van der Waals surface area contributed by atoms with Crippen molar-refractivity contribution in [2.75, 3.05) is 5.32 Å². The zero-order chi connectivity index (χ0) is 17.4. The molecular formula is C20H19N5. The summed E-state index contributed by atoms with van der Waals surface area (Å²) in [6.45, 7) is 3.82. The molecule has 0 atom stereocenters. The van der Waals surface area contributed by atoms with E-state index in [1.807, 2.05) is 26.0 Å². The van der Waals surface area contributed by atoms with Crippen LogP contribution in [-0.4, -0.2) is 15.9 Å². The normalized spacial score (nSPS) is 12.6. The van der Waals surface area contributed by atoms with E-state index in [1.54, 1.807) is 0 Å². The van der Waals surface area contributed by atoms with Crippen molar-refractivity contribution in [1.82, 2.24) is 9.97 Å². The summed E-state index contributed by atoms with van der Waals surface area (Å²) >= 11 is 0. The quantitative estimate of drug-likeness (QED) is 0.434. The summed E-state index contributed by atoms with van der Waals surface area (Å²) in [6.07, 6.45) is 0.943. The van der Waals surface area contributed by atoms with E-state index in [4.69, 9.17) is 5.73 Å². The molecule has 4 rings (SSSR count). The van der Waals surface area contributed by atoms with Gasteiger partial charge in [0, 0.05) is 17.1 Å².